The van der Waals surface area contributed by atoms with Crippen LogP contribution in [0.2, 0.25) is 0 Å². The van der Waals surface area contributed by atoms with Crippen LogP contribution in [0.5, 0.6) is 0 Å². The van der Waals surface area contributed by atoms with E-state index in [9.17, 15) is 4.79 Å². The van der Waals surface area contributed by atoms with E-state index in [1.54, 1.807) is 6.20 Å². The molecule has 0 atom stereocenters. The Bertz CT molecular complexity index is 723. The van der Waals surface area contributed by atoms with Crippen LogP contribution in [-0.2, 0) is 12.0 Å². The fourth-order valence-corrected chi connectivity index (χ4v) is 3.68. The number of carboxylic acid groups (broad SMARTS) is 1. The van der Waals surface area contributed by atoms with Crippen molar-refractivity contribution >= 4 is 11.8 Å². The molecule has 4 rings (SSSR count). The van der Waals surface area contributed by atoms with Crippen LogP contribution in [-0.4, -0.2) is 27.6 Å². The van der Waals surface area contributed by atoms with Gasteiger partial charge in [0.25, 0.3) is 0 Å². The van der Waals surface area contributed by atoms with Crippen molar-refractivity contribution in [3.8, 4) is 0 Å². The molecule has 0 unspecified atom stereocenters. The van der Waals surface area contributed by atoms with Crippen molar-refractivity contribution in [3.63, 3.8) is 0 Å². The van der Waals surface area contributed by atoms with Crippen molar-refractivity contribution in [2.45, 2.75) is 31.2 Å². The van der Waals surface area contributed by atoms with Gasteiger partial charge in [0.1, 0.15) is 5.82 Å². The molecule has 1 aromatic heterocycles. The van der Waals surface area contributed by atoms with E-state index >= 15 is 0 Å². The molecular formula is C17H17N3O2. The van der Waals surface area contributed by atoms with Gasteiger partial charge in [-0.1, -0.05) is 30.7 Å². The highest BCUT2D eigenvalue weighted by Gasteiger charge is 2.44. The minimum atomic E-state index is -1.04. The second-order valence-corrected chi connectivity index (χ2v) is 6.21. The summed E-state index contributed by atoms with van der Waals surface area (Å²) < 4.78 is 0. The Hall–Kier alpha value is -2.43. The van der Waals surface area contributed by atoms with Gasteiger partial charge >= 0.3 is 5.97 Å². The van der Waals surface area contributed by atoms with Gasteiger partial charge in [0.05, 0.1) is 12.4 Å². The summed E-state index contributed by atoms with van der Waals surface area (Å²) in [6.45, 7) is 1.74. The van der Waals surface area contributed by atoms with E-state index in [0.717, 1.165) is 18.9 Å². The second-order valence-electron chi connectivity index (χ2n) is 6.21. The highest BCUT2D eigenvalue weighted by atomic mass is 16.4. The van der Waals surface area contributed by atoms with Crippen LogP contribution in [0.4, 0.5) is 5.82 Å². The van der Waals surface area contributed by atoms with Crippen molar-refractivity contribution < 1.29 is 9.90 Å². The summed E-state index contributed by atoms with van der Waals surface area (Å²) in [6.07, 6.45) is 6.60. The van der Waals surface area contributed by atoms with Gasteiger partial charge in [-0.25, -0.2) is 14.8 Å². The van der Waals surface area contributed by atoms with E-state index < -0.39 is 5.97 Å². The third-order valence-corrected chi connectivity index (χ3v) is 4.94. The molecule has 112 valence electrons. The van der Waals surface area contributed by atoms with Crippen LogP contribution < -0.4 is 4.90 Å². The smallest absolute Gasteiger partial charge is 0.356 e. The van der Waals surface area contributed by atoms with Crippen LogP contribution in [0.3, 0.4) is 0 Å². The van der Waals surface area contributed by atoms with Crippen molar-refractivity contribution in [1.29, 1.82) is 0 Å². The van der Waals surface area contributed by atoms with E-state index in [1.165, 1.54) is 36.6 Å². The summed E-state index contributed by atoms with van der Waals surface area (Å²) >= 11 is 0. The first kappa shape index (κ1) is 13.2. The van der Waals surface area contributed by atoms with Gasteiger partial charge in [-0.2, -0.15) is 0 Å². The molecule has 1 fully saturated rings. The Balaban J connectivity index is 1.68. The fourth-order valence-electron chi connectivity index (χ4n) is 3.68. The largest absolute Gasteiger partial charge is 0.476 e. The Morgan fingerprint density at radius 2 is 2.00 bits per heavy atom. The van der Waals surface area contributed by atoms with Gasteiger partial charge in [0, 0.05) is 18.5 Å². The van der Waals surface area contributed by atoms with Crippen LogP contribution in [0.25, 0.3) is 0 Å². The first-order valence-electron chi connectivity index (χ1n) is 7.57. The SMILES string of the molecule is O=C(O)c1cnc(N2Cc3ccccc3C3(CCC3)C2)cn1. The molecule has 5 heteroatoms. The summed E-state index contributed by atoms with van der Waals surface area (Å²) in [5.41, 5.74) is 3.05. The number of rotatable bonds is 2. The maximum Gasteiger partial charge on any atom is 0.356 e. The first-order valence-corrected chi connectivity index (χ1v) is 7.57. The van der Waals surface area contributed by atoms with Crippen molar-refractivity contribution in [2.75, 3.05) is 11.4 Å². The van der Waals surface area contributed by atoms with Gasteiger partial charge < -0.3 is 10.0 Å². The summed E-state index contributed by atoms with van der Waals surface area (Å²) in [4.78, 5) is 21.4. The van der Waals surface area contributed by atoms with E-state index in [0.29, 0.717) is 0 Å². The van der Waals surface area contributed by atoms with Crippen LogP contribution in [0.1, 0.15) is 40.9 Å². The zero-order valence-electron chi connectivity index (χ0n) is 12.2. The summed E-state index contributed by atoms with van der Waals surface area (Å²) in [5.74, 6) is -0.288. The molecule has 0 amide bonds. The third kappa shape index (κ3) is 1.96. The third-order valence-electron chi connectivity index (χ3n) is 4.94. The fraction of sp³-hybridized carbons (Fsp3) is 0.353. The Labute approximate surface area is 128 Å². The maximum atomic E-state index is 10.9. The molecule has 1 spiro atoms. The number of aromatic nitrogens is 2. The zero-order chi connectivity index (χ0) is 15.2. The lowest BCUT2D eigenvalue weighted by molar-refractivity contribution is 0.0690. The highest BCUT2D eigenvalue weighted by molar-refractivity contribution is 5.84. The summed E-state index contributed by atoms with van der Waals surface area (Å²) in [6, 6.07) is 8.63. The van der Waals surface area contributed by atoms with Crippen LogP contribution in [0, 0.1) is 0 Å². The summed E-state index contributed by atoms with van der Waals surface area (Å²) in [7, 11) is 0. The molecule has 0 bridgehead atoms. The van der Waals surface area contributed by atoms with E-state index in [4.69, 9.17) is 5.11 Å². The predicted octanol–water partition coefficient (Wildman–Crippen LogP) is 2.62. The average Bonchev–Trinajstić information content (AvgIpc) is 2.52. The standard InChI is InChI=1S/C17H17N3O2/c21-16(22)14-8-19-15(9-18-14)20-10-12-4-1-2-5-13(12)17(11-20)6-3-7-17/h1-2,4-5,8-9H,3,6-7,10-11H2,(H,21,22). The molecule has 2 aromatic rings. The monoisotopic (exact) mass is 295 g/mol. The number of carbonyl (C=O) groups is 1. The minimum absolute atomic E-state index is 0.0143. The number of fused-ring (bicyclic) bond motifs is 2. The van der Waals surface area contributed by atoms with Crippen molar-refractivity contribution in [3.05, 3.63) is 53.5 Å². The molecule has 5 nitrogen and oxygen atoms in total. The maximum absolute atomic E-state index is 10.9. The second kappa shape index (κ2) is 4.80. The Morgan fingerprint density at radius 3 is 2.64 bits per heavy atom. The lowest BCUT2D eigenvalue weighted by Crippen LogP contribution is -2.50. The molecule has 22 heavy (non-hydrogen) atoms. The molecule has 1 aromatic carbocycles. The van der Waals surface area contributed by atoms with Crippen LogP contribution in [0.15, 0.2) is 36.7 Å². The van der Waals surface area contributed by atoms with Crippen molar-refractivity contribution in [2.24, 2.45) is 0 Å². The van der Waals surface area contributed by atoms with Gasteiger partial charge in [0.15, 0.2) is 5.69 Å². The molecule has 2 aliphatic rings. The van der Waals surface area contributed by atoms with Gasteiger partial charge in [0.2, 0.25) is 0 Å². The Kier molecular flexibility index (Phi) is 2.89. The zero-order valence-corrected chi connectivity index (χ0v) is 12.2. The number of anilines is 1. The molecule has 1 aliphatic carbocycles. The van der Waals surface area contributed by atoms with Gasteiger partial charge in [-0.15, -0.1) is 0 Å². The summed E-state index contributed by atoms with van der Waals surface area (Å²) in [5, 5.41) is 8.93. The topological polar surface area (TPSA) is 66.3 Å². The molecular weight excluding hydrogens is 278 g/mol. The first-order chi connectivity index (χ1) is 10.7. The van der Waals surface area contributed by atoms with Crippen molar-refractivity contribution in [1.82, 2.24) is 9.97 Å². The molecule has 0 radical (unpaired) electrons. The lowest BCUT2D eigenvalue weighted by Gasteiger charge is -2.50. The molecule has 1 N–H and O–H groups in total. The molecule has 2 heterocycles. The quantitative estimate of drug-likeness (QED) is 0.922. The average molecular weight is 295 g/mol. The number of aromatic carboxylic acids is 1. The molecule has 1 saturated carbocycles. The van der Waals surface area contributed by atoms with Gasteiger partial charge in [-0.3, -0.25) is 0 Å². The molecule has 1 aliphatic heterocycles. The number of nitrogens with zero attached hydrogens (tertiary/aromatic N) is 3. The number of carboxylic acids is 1. The van der Waals surface area contributed by atoms with Crippen LogP contribution >= 0.6 is 0 Å². The van der Waals surface area contributed by atoms with E-state index in [1.807, 2.05) is 0 Å². The number of hydrogen-bond donors (Lipinski definition) is 1. The van der Waals surface area contributed by atoms with E-state index in [-0.39, 0.29) is 11.1 Å². The minimum Gasteiger partial charge on any atom is -0.476 e. The molecule has 0 saturated heterocycles. The lowest BCUT2D eigenvalue weighted by atomic mass is 9.61. The van der Waals surface area contributed by atoms with E-state index in [2.05, 4.69) is 39.1 Å². The Morgan fingerprint density at radius 1 is 1.18 bits per heavy atom. The van der Waals surface area contributed by atoms with Gasteiger partial charge in [-0.05, 0) is 24.0 Å². The highest BCUT2D eigenvalue weighted by Crippen LogP contribution is 2.48. The normalized spacial score (nSPS) is 18.6. The number of hydrogen-bond acceptors (Lipinski definition) is 4. The predicted molar refractivity (Wildman–Crippen MR) is 82.0 cm³/mol. The number of benzene rings is 1.